The summed E-state index contributed by atoms with van der Waals surface area (Å²) in [4.78, 5) is 44.9. The lowest BCUT2D eigenvalue weighted by Crippen LogP contribution is -2.35. The number of hydrogen-bond donors (Lipinski definition) is 4. The normalized spacial score (nSPS) is 10.0. The summed E-state index contributed by atoms with van der Waals surface area (Å²) < 4.78 is 0. The SMILES string of the molecule is O=C(NCCNC(=O)c1ccc(=O)[nH]n1)c1ccc(=O)[nH]n1. The summed E-state index contributed by atoms with van der Waals surface area (Å²) in [6.45, 7) is 0.323. The quantitative estimate of drug-likeness (QED) is 0.470. The summed E-state index contributed by atoms with van der Waals surface area (Å²) >= 11 is 0. The second-order valence-electron chi connectivity index (χ2n) is 4.12. The lowest BCUT2D eigenvalue weighted by Gasteiger charge is -2.06. The molecule has 10 nitrogen and oxygen atoms in total. The number of rotatable bonds is 5. The fourth-order valence-corrected chi connectivity index (χ4v) is 1.48. The first kappa shape index (κ1) is 15.1. The topological polar surface area (TPSA) is 150 Å². The Labute approximate surface area is 123 Å². The molecule has 114 valence electrons. The van der Waals surface area contributed by atoms with Gasteiger partial charge < -0.3 is 10.6 Å². The largest absolute Gasteiger partial charge is 0.349 e. The zero-order chi connectivity index (χ0) is 15.9. The van der Waals surface area contributed by atoms with E-state index in [9.17, 15) is 19.2 Å². The number of carbonyl (C=O) groups is 2. The molecule has 0 unspecified atom stereocenters. The van der Waals surface area contributed by atoms with Crippen molar-refractivity contribution in [3.05, 3.63) is 56.4 Å². The Morgan fingerprint density at radius 2 is 1.23 bits per heavy atom. The molecule has 0 aliphatic rings. The molecular weight excluding hydrogens is 292 g/mol. The van der Waals surface area contributed by atoms with Crippen molar-refractivity contribution in [2.24, 2.45) is 0 Å². The number of amides is 2. The molecule has 0 aliphatic carbocycles. The maximum atomic E-state index is 11.6. The lowest BCUT2D eigenvalue weighted by molar-refractivity contribution is 0.0921. The van der Waals surface area contributed by atoms with Crippen LogP contribution in [0, 0.1) is 0 Å². The predicted molar refractivity (Wildman–Crippen MR) is 74.4 cm³/mol. The van der Waals surface area contributed by atoms with Crippen LogP contribution in [0.4, 0.5) is 0 Å². The fourth-order valence-electron chi connectivity index (χ4n) is 1.48. The van der Waals surface area contributed by atoms with Gasteiger partial charge in [-0.25, -0.2) is 10.2 Å². The van der Waals surface area contributed by atoms with E-state index in [-0.39, 0.29) is 24.5 Å². The first-order chi connectivity index (χ1) is 10.6. The molecule has 0 bridgehead atoms. The molecule has 0 saturated heterocycles. The minimum absolute atomic E-state index is 0.0632. The van der Waals surface area contributed by atoms with E-state index in [1.165, 1.54) is 24.3 Å². The van der Waals surface area contributed by atoms with Crippen LogP contribution in [0.2, 0.25) is 0 Å². The standard InChI is InChI=1S/C12H12N6O4/c19-9-3-1-7(15-17-9)11(21)13-5-6-14-12(22)8-2-4-10(20)18-16-8/h1-4H,5-6H2,(H,13,21)(H,14,22)(H,17,19)(H,18,20). The maximum Gasteiger partial charge on any atom is 0.271 e. The number of nitrogens with one attached hydrogen (secondary N) is 4. The van der Waals surface area contributed by atoms with Crippen LogP contribution in [-0.2, 0) is 0 Å². The molecule has 0 saturated carbocycles. The fraction of sp³-hybridized carbons (Fsp3) is 0.167. The van der Waals surface area contributed by atoms with E-state index in [1.807, 2.05) is 0 Å². The number of aromatic amines is 2. The Morgan fingerprint density at radius 1 is 0.818 bits per heavy atom. The number of nitrogens with zero attached hydrogens (tertiary/aromatic N) is 2. The van der Waals surface area contributed by atoms with Crippen LogP contribution in [-0.4, -0.2) is 45.3 Å². The van der Waals surface area contributed by atoms with Gasteiger partial charge in [-0.1, -0.05) is 0 Å². The van der Waals surface area contributed by atoms with E-state index in [0.29, 0.717) is 0 Å². The molecule has 0 fully saturated rings. The molecule has 0 radical (unpaired) electrons. The average Bonchev–Trinajstić information content (AvgIpc) is 2.52. The van der Waals surface area contributed by atoms with Crippen molar-refractivity contribution in [2.75, 3.05) is 13.1 Å². The molecule has 4 N–H and O–H groups in total. The van der Waals surface area contributed by atoms with Gasteiger partial charge in [0.05, 0.1) is 0 Å². The van der Waals surface area contributed by atoms with Gasteiger partial charge in [0.2, 0.25) is 0 Å². The van der Waals surface area contributed by atoms with E-state index in [4.69, 9.17) is 0 Å². The number of hydrogen-bond acceptors (Lipinski definition) is 6. The smallest absolute Gasteiger partial charge is 0.271 e. The number of carbonyl (C=O) groups excluding carboxylic acids is 2. The molecule has 2 heterocycles. The van der Waals surface area contributed by atoms with Crippen LogP contribution >= 0.6 is 0 Å². The molecule has 2 aromatic rings. The van der Waals surface area contributed by atoms with Gasteiger partial charge in [-0.15, -0.1) is 0 Å². The van der Waals surface area contributed by atoms with Crippen LogP contribution in [0.1, 0.15) is 21.0 Å². The summed E-state index contributed by atoms with van der Waals surface area (Å²) in [7, 11) is 0. The highest BCUT2D eigenvalue weighted by Crippen LogP contribution is 1.89. The van der Waals surface area contributed by atoms with Gasteiger partial charge in [-0.2, -0.15) is 10.2 Å². The summed E-state index contributed by atoms with van der Waals surface area (Å²) in [5, 5.41) is 16.5. The molecular formula is C12H12N6O4. The summed E-state index contributed by atoms with van der Waals surface area (Å²) in [6, 6.07) is 4.95. The Kier molecular flexibility index (Phi) is 4.75. The monoisotopic (exact) mass is 304 g/mol. The minimum atomic E-state index is -0.479. The van der Waals surface area contributed by atoms with Crippen LogP contribution < -0.4 is 21.8 Å². The van der Waals surface area contributed by atoms with Crippen molar-refractivity contribution in [2.45, 2.75) is 0 Å². The van der Waals surface area contributed by atoms with Crippen molar-refractivity contribution in [1.29, 1.82) is 0 Å². The predicted octanol–water partition coefficient (Wildman–Crippen LogP) is -1.99. The van der Waals surface area contributed by atoms with E-state index >= 15 is 0 Å². The molecule has 0 aliphatic heterocycles. The third-order valence-corrected chi connectivity index (χ3v) is 2.52. The van der Waals surface area contributed by atoms with Gasteiger partial charge in [0.1, 0.15) is 11.4 Å². The summed E-state index contributed by atoms with van der Waals surface area (Å²) in [5.74, 6) is -0.958. The van der Waals surface area contributed by atoms with Gasteiger partial charge >= 0.3 is 0 Å². The van der Waals surface area contributed by atoms with Crippen LogP contribution in [0.25, 0.3) is 0 Å². The van der Waals surface area contributed by atoms with E-state index < -0.39 is 22.9 Å². The Morgan fingerprint density at radius 3 is 1.55 bits per heavy atom. The number of H-pyrrole nitrogens is 2. The zero-order valence-corrected chi connectivity index (χ0v) is 11.3. The second-order valence-corrected chi connectivity index (χ2v) is 4.12. The first-order valence-electron chi connectivity index (χ1n) is 6.24. The molecule has 22 heavy (non-hydrogen) atoms. The summed E-state index contributed by atoms with van der Waals surface area (Å²) in [6.07, 6.45) is 0. The second kappa shape index (κ2) is 6.92. The van der Waals surface area contributed by atoms with Crippen molar-refractivity contribution in [3.63, 3.8) is 0 Å². The Hall–Kier alpha value is -3.30. The first-order valence-corrected chi connectivity index (χ1v) is 6.24. The molecule has 2 rings (SSSR count). The van der Waals surface area contributed by atoms with Crippen molar-refractivity contribution in [3.8, 4) is 0 Å². The Balaban J connectivity index is 1.77. The molecule has 0 atom stereocenters. The van der Waals surface area contributed by atoms with Gasteiger partial charge in [0.15, 0.2) is 0 Å². The summed E-state index contributed by atoms with van der Waals surface area (Å²) in [5.41, 5.74) is -0.684. The molecule has 10 heteroatoms. The highest BCUT2D eigenvalue weighted by molar-refractivity contribution is 5.93. The maximum absolute atomic E-state index is 11.6. The zero-order valence-electron chi connectivity index (χ0n) is 11.3. The molecule has 2 amide bonds. The van der Waals surface area contributed by atoms with Crippen LogP contribution in [0.15, 0.2) is 33.9 Å². The molecule has 2 aromatic heterocycles. The van der Waals surface area contributed by atoms with Crippen LogP contribution in [0.3, 0.4) is 0 Å². The highest BCUT2D eigenvalue weighted by Gasteiger charge is 2.08. The lowest BCUT2D eigenvalue weighted by atomic mass is 10.3. The highest BCUT2D eigenvalue weighted by atomic mass is 16.2. The van der Waals surface area contributed by atoms with Crippen molar-refractivity contribution < 1.29 is 9.59 Å². The third kappa shape index (κ3) is 4.10. The minimum Gasteiger partial charge on any atom is -0.349 e. The van der Waals surface area contributed by atoms with Gasteiger partial charge in [-0.3, -0.25) is 19.2 Å². The third-order valence-electron chi connectivity index (χ3n) is 2.52. The average molecular weight is 304 g/mol. The van der Waals surface area contributed by atoms with Gasteiger partial charge in [-0.05, 0) is 12.1 Å². The van der Waals surface area contributed by atoms with Crippen molar-refractivity contribution >= 4 is 11.8 Å². The van der Waals surface area contributed by atoms with Crippen LogP contribution in [0.5, 0.6) is 0 Å². The van der Waals surface area contributed by atoms with E-state index in [1.54, 1.807) is 0 Å². The van der Waals surface area contributed by atoms with Crippen molar-refractivity contribution in [1.82, 2.24) is 31.0 Å². The molecule has 0 spiro atoms. The number of aromatic nitrogens is 4. The van der Waals surface area contributed by atoms with E-state index in [2.05, 4.69) is 31.0 Å². The molecule has 0 aromatic carbocycles. The Bertz CT molecular complexity index is 688. The van der Waals surface area contributed by atoms with E-state index in [0.717, 1.165) is 0 Å². The van der Waals surface area contributed by atoms with Gasteiger partial charge in [0.25, 0.3) is 22.9 Å². The van der Waals surface area contributed by atoms with Gasteiger partial charge in [0, 0.05) is 25.2 Å².